The number of anilines is 3. The number of piperazine rings is 1. The van der Waals surface area contributed by atoms with E-state index in [0.717, 1.165) is 31.4 Å². The molecular weight excluding hydrogens is 621 g/mol. The Morgan fingerprint density at radius 3 is 2.29 bits per heavy atom. The number of aryl methyl sites for hydroxylation is 1. The number of fused-ring (bicyclic) bond motifs is 1. The number of amides is 1. The fourth-order valence-electron chi connectivity index (χ4n) is 6.93. The van der Waals surface area contributed by atoms with Gasteiger partial charge in [0.15, 0.2) is 5.69 Å². The molecule has 3 aliphatic heterocycles. The van der Waals surface area contributed by atoms with Crippen LogP contribution in [0.25, 0.3) is 0 Å². The summed E-state index contributed by atoms with van der Waals surface area (Å²) in [5.41, 5.74) is 2.62. The third-order valence-corrected chi connectivity index (χ3v) is 9.61. The van der Waals surface area contributed by atoms with Crippen LogP contribution < -0.4 is 15.1 Å². The number of rotatable bonds is 7. The van der Waals surface area contributed by atoms with Gasteiger partial charge in [0.05, 0.1) is 0 Å². The standard InChI is InChI=1S/C36H37F3N6O3/c37-36(38,39)33-32(48-35(42-33)45-16-14-26(15-17-45)25-6-2-1-3-7-25)30(46)22-24-10-13-31(40-23-24)43-18-20-44(21-19-43)34(47)29-12-11-27-8-4-5-9-28(27)41-29/h1-10,13,23,26,29,41H,11-12,14-22H2. The molecule has 1 atom stereocenters. The highest BCUT2D eigenvalue weighted by molar-refractivity contribution is 5.96. The summed E-state index contributed by atoms with van der Waals surface area (Å²) in [5.74, 6) is -0.499. The minimum atomic E-state index is -4.84. The van der Waals surface area contributed by atoms with Gasteiger partial charge in [-0.05, 0) is 60.4 Å². The van der Waals surface area contributed by atoms with Crippen LogP contribution in [0.5, 0.6) is 0 Å². The van der Waals surface area contributed by atoms with Gasteiger partial charge in [-0.3, -0.25) is 9.59 Å². The third kappa shape index (κ3) is 6.74. The van der Waals surface area contributed by atoms with Crippen molar-refractivity contribution in [3.63, 3.8) is 0 Å². The van der Waals surface area contributed by atoms with E-state index >= 15 is 0 Å². The minimum absolute atomic E-state index is 0.0939. The molecule has 0 aliphatic carbocycles. The van der Waals surface area contributed by atoms with E-state index in [0.29, 0.717) is 56.6 Å². The van der Waals surface area contributed by atoms with Crippen LogP contribution in [0.1, 0.15) is 58.1 Å². The van der Waals surface area contributed by atoms with Gasteiger partial charge in [-0.15, -0.1) is 0 Å². The number of carbonyl (C=O) groups excluding carboxylic acids is 2. The number of oxazole rings is 1. The molecule has 3 aliphatic rings. The topological polar surface area (TPSA) is 94.8 Å². The molecule has 48 heavy (non-hydrogen) atoms. The Morgan fingerprint density at radius 2 is 1.58 bits per heavy atom. The molecule has 2 aromatic carbocycles. The highest BCUT2D eigenvalue weighted by Crippen LogP contribution is 2.37. The number of piperidine rings is 1. The van der Waals surface area contributed by atoms with Crippen molar-refractivity contribution in [3.8, 4) is 0 Å². The molecule has 2 fully saturated rings. The summed E-state index contributed by atoms with van der Waals surface area (Å²) in [6.07, 6.45) is -0.529. The Morgan fingerprint density at radius 1 is 0.854 bits per heavy atom. The largest absolute Gasteiger partial charge is 0.437 e. The van der Waals surface area contributed by atoms with Crippen LogP contribution in [0.15, 0.2) is 77.3 Å². The molecule has 9 nitrogen and oxygen atoms in total. The lowest BCUT2D eigenvalue weighted by Crippen LogP contribution is -2.53. The first-order chi connectivity index (χ1) is 23.2. The third-order valence-electron chi connectivity index (χ3n) is 9.61. The minimum Gasteiger partial charge on any atom is -0.420 e. The normalized spacial score (nSPS) is 18.7. The van der Waals surface area contributed by atoms with E-state index in [-0.39, 0.29) is 24.4 Å². The molecule has 12 heteroatoms. The number of halogens is 3. The summed E-state index contributed by atoms with van der Waals surface area (Å²) < 4.78 is 47.5. The van der Waals surface area contributed by atoms with Crippen molar-refractivity contribution in [2.75, 3.05) is 54.4 Å². The molecule has 0 spiro atoms. The SMILES string of the molecule is O=C(Cc1ccc(N2CCN(C(=O)C3CCc4ccccc4N3)CC2)nc1)c1oc(N2CCC(c3ccccc3)CC2)nc1C(F)(F)F. The van der Waals surface area contributed by atoms with Crippen molar-refractivity contribution in [2.24, 2.45) is 0 Å². The fourth-order valence-corrected chi connectivity index (χ4v) is 6.93. The summed E-state index contributed by atoms with van der Waals surface area (Å²) in [6.45, 7) is 3.25. The Kier molecular flexibility index (Phi) is 8.81. The zero-order chi connectivity index (χ0) is 33.3. The number of pyridine rings is 1. The van der Waals surface area contributed by atoms with Crippen LogP contribution in [-0.2, 0) is 23.8 Å². The summed E-state index contributed by atoms with van der Waals surface area (Å²) in [5, 5.41) is 3.39. The van der Waals surface area contributed by atoms with Gasteiger partial charge in [0.1, 0.15) is 11.9 Å². The van der Waals surface area contributed by atoms with Gasteiger partial charge in [-0.25, -0.2) is 4.98 Å². The van der Waals surface area contributed by atoms with E-state index < -0.39 is 23.4 Å². The number of nitrogens with one attached hydrogen (secondary N) is 1. The quantitative estimate of drug-likeness (QED) is 0.243. The Bertz CT molecular complexity index is 1740. The molecule has 5 heterocycles. The van der Waals surface area contributed by atoms with E-state index in [4.69, 9.17) is 4.42 Å². The fraction of sp³-hybridized carbons (Fsp3) is 0.389. The predicted molar refractivity (Wildman–Crippen MR) is 175 cm³/mol. The maximum atomic E-state index is 14.0. The molecule has 1 unspecified atom stereocenters. The van der Waals surface area contributed by atoms with Crippen molar-refractivity contribution in [2.45, 2.75) is 50.2 Å². The highest BCUT2D eigenvalue weighted by Gasteiger charge is 2.42. The summed E-state index contributed by atoms with van der Waals surface area (Å²) in [4.78, 5) is 40.3. The number of benzene rings is 2. The Balaban J connectivity index is 0.948. The van der Waals surface area contributed by atoms with Crippen LogP contribution in [0, 0.1) is 0 Å². The molecule has 2 aromatic heterocycles. The van der Waals surface area contributed by atoms with Crippen molar-refractivity contribution in [3.05, 3.63) is 101 Å². The van der Waals surface area contributed by atoms with Crippen molar-refractivity contribution < 1.29 is 27.2 Å². The number of hydrogen-bond donors (Lipinski definition) is 1. The maximum absolute atomic E-state index is 14.0. The van der Waals surface area contributed by atoms with E-state index in [1.54, 1.807) is 17.0 Å². The predicted octanol–water partition coefficient (Wildman–Crippen LogP) is 5.97. The molecule has 1 amide bonds. The zero-order valence-corrected chi connectivity index (χ0v) is 26.5. The van der Waals surface area contributed by atoms with Crippen LogP contribution in [0.4, 0.5) is 30.7 Å². The number of ketones is 1. The second-order valence-corrected chi connectivity index (χ2v) is 12.7. The van der Waals surface area contributed by atoms with Crippen molar-refractivity contribution in [1.29, 1.82) is 0 Å². The number of hydrogen-bond acceptors (Lipinski definition) is 8. The molecule has 4 aromatic rings. The van der Waals surface area contributed by atoms with Gasteiger partial charge < -0.3 is 24.4 Å². The molecule has 7 rings (SSSR count). The Hall–Kier alpha value is -4.87. The number of para-hydroxylation sites is 1. The lowest BCUT2D eigenvalue weighted by Gasteiger charge is -2.38. The number of nitrogens with zero attached hydrogens (tertiary/aromatic N) is 5. The van der Waals surface area contributed by atoms with Gasteiger partial charge in [0.25, 0.3) is 6.01 Å². The summed E-state index contributed by atoms with van der Waals surface area (Å²) in [6, 6.07) is 21.1. The van der Waals surface area contributed by atoms with Gasteiger partial charge in [0, 0.05) is 57.6 Å². The second-order valence-electron chi connectivity index (χ2n) is 12.7. The molecular formula is C36H37F3N6O3. The highest BCUT2D eigenvalue weighted by atomic mass is 19.4. The van der Waals surface area contributed by atoms with Gasteiger partial charge in [0.2, 0.25) is 17.5 Å². The number of aromatic nitrogens is 2. The van der Waals surface area contributed by atoms with Gasteiger partial charge in [-0.2, -0.15) is 18.2 Å². The monoisotopic (exact) mass is 658 g/mol. The molecule has 1 N–H and O–H groups in total. The first-order valence-electron chi connectivity index (χ1n) is 16.5. The van der Waals surface area contributed by atoms with E-state index in [1.165, 1.54) is 17.3 Å². The molecule has 0 radical (unpaired) electrons. The van der Waals surface area contributed by atoms with E-state index in [9.17, 15) is 22.8 Å². The van der Waals surface area contributed by atoms with Gasteiger partial charge in [-0.1, -0.05) is 54.6 Å². The van der Waals surface area contributed by atoms with Crippen molar-refractivity contribution in [1.82, 2.24) is 14.9 Å². The number of alkyl halides is 3. The second kappa shape index (κ2) is 13.3. The molecule has 0 bridgehead atoms. The number of Topliss-reactive ketones (excluding diaryl/α,β-unsaturated/α-hetero) is 1. The summed E-state index contributed by atoms with van der Waals surface area (Å²) in [7, 11) is 0. The van der Waals surface area contributed by atoms with E-state index in [2.05, 4.69) is 38.4 Å². The van der Waals surface area contributed by atoms with Crippen LogP contribution in [0.3, 0.4) is 0 Å². The zero-order valence-electron chi connectivity index (χ0n) is 26.5. The smallest absolute Gasteiger partial charge is 0.420 e. The lowest BCUT2D eigenvalue weighted by molar-refractivity contribution is -0.141. The maximum Gasteiger partial charge on any atom is 0.437 e. The van der Waals surface area contributed by atoms with Crippen LogP contribution in [0.2, 0.25) is 0 Å². The lowest BCUT2D eigenvalue weighted by atomic mass is 9.90. The van der Waals surface area contributed by atoms with Crippen LogP contribution >= 0.6 is 0 Å². The first-order valence-corrected chi connectivity index (χ1v) is 16.5. The van der Waals surface area contributed by atoms with Crippen molar-refractivity contribution >= 4 is 29.2 Å². The van der Waals surface area contributed by atoms with E-state index in [1.807, 2.05) is 41.3 Å². The van der Waals surface area contributed by atoms with Crippen LogP contribution in [-0.4, -0.2) is 71.9 Å². The molecule has 250 valence electrons. The average molecular weight is 659 g/mol. The first kappa shape index (κ1) is 31.7. The molecule has 0 saturated carbocycles. The average Bonchev–Trinajstić information content (AvgIpc) is 3.59. The molecule has 2 saturated heterocycles. The summed E-state index contributed by atoms with van der Waals surface area (Å²) >= 11 is 0. The van der Waals surface area contributed by atoms with Gasteiger partial charge >= 0.3 is 6.18 Å². The number of carbonyl (C=O) groups is 2. The Labute approximate surface area is 276 Å².